The Morgan fingerprint density at radius 3 is 2.44 bits per heavy atom. The van der Waals surface area contributed by atoms with Crippen LogP contribution in [0.3, 0.4) is 0 Å². The van der Waals surface area contributed by atoms with Crippen molar-refractivity contribution in [1.82, 2.24) is 16.0 Å². The van der Waals surface area contributed by atoms with Crippen LogP contribution in [0.4, 0.5) is 0 Å². The number of ether oxygens (including phenoxy) is 1. The molecule has 2 fully saturated rings. The fourth-order valence-electron chi connectivity index (χ4n) is 4.04. The van der Waals surface area contributed by atoms with E-state index in [4.69, 9.17) is 4.74 Å². The van der Waals surface area contributed by atoms with Gasteiger partial charge in [-0.2, -0.15) is 0 Å². The van der Waals surface area contributed by atoms with Crippen LogP contribution in [0.2, 0.25) is 0 Å². The minimum Gasteiger partial charge on any atom is -0.381 e. The molecule has 2 heterocycles. The van der Waals surface area contributed by atoms with Crippen LogP contribution < -0.4 is 16.0 Å². The maximum absolute atomic E-state index is 12.4. The molecular formula is C21H31N3O3. The topological polar surface area (TPSA) is 79.5 Å². The van der Waals surface area contributed by atoms with Gasteiger partial charge in [0.1, 0.15) is 0 Å². The van der Waals surface area contributed by atoms with Gasteiger partial charge in [-0.15, -0.1) is 0 Å². The molecule has 6 nitrogen and oxygen atoms in total. The summed E-state index contributed by atoms with van der Waals surface area (Å²) in [6.45, 7) is 8.44. The Morgan fingerprint density at radius 2 is 1.81 bits per heavy atom. The minimum absolute atomic E-state index is 0.0120. The molecule has 0 aliphatic carbocycles. The van der Waals surface area contributed by atoms with E-state index in [-0.39, 0.29) is 35.9 Å². The van der Waals surface area contributed by atoms with Gasteiger partial charge in [-0.05, 0) is 36.8 Å². The number of carbonyl (C=O) groups excluding carboxylic acids is 2. The largest absolute Gasteiger partial charge is 0.381 e. The van der Waals surface area contributed by atoms with Crippen molar-refractivity contribution < 1.29 is 14.3 Å². The SMILES string of the molecule is CC(C)c1ccc(C(C)NC(=O)CNC2C(=O)NCC23CCOCC3)cc1. The Morgan fingerprint density at radius 1 is 1.19 bits per heavy atom. The number of amides is 2. The minimum atomic E-state index is -0.326. The molecule has 1 spiro atoms. The molecule has 2 atom stereocenters. The fraction of sp³-hybridized carbons (Fsp3) is 0.619. The summed E-state index contributed by atoms with van der Waals surface area (Å²) in [5.41, 5.74) is 2.23. The van der Waals surface area contributed by atoms with E-state index in [1.54, 1.807) is 0 Å². The Hall–Kier alpha value is -1.92. The third-order valence-electron chi connectivity index (χ3n) is 5.93. The second-order valence-electron chi connectivity index (χ2n) is 8.12. The van der Waals surface area contributed by atoms with E-state index in [0.29, 0.717) is 25.7 Å². The lowest BCUT2D eigenvalue weighted by Crippen LogP contribution is -2.51. The van der Waals surface area contributed by atoms with Gasteiger partial charge in [0.2, 0.25) is 11.8 Å². The fourth-order valence-corrected chi connectivity index (χ4v) is 4.04. The second kappa shape index (κ2) is 8.40. The van der Waals surface area contributed by atoms with E-state index in [2.05, 4.69) is 54.1 Å². The number of hydrogen-bond acceptors (Lipinski definition) is 4. The van der Waals surface area contributed by atoms with Crippen molar-refractivity contribution in [2.75, 3.05) is 26.3 Å². The zero-order valence-corrected chi connectivity index (χ0v) is 16.5. The lowest BCUT2D eigenvalue weighted by Gasteiger charge is -2.36. The molecule has 6 heteroatoms. The molecule has 0 saturated carbocycles. The number of carbonyl (C=O) groups is 2. The number of rotatable bonds is 6. The van der Waals surface area contributed by atoms with Gasteiger partial charge < -0.3 is 15.4 Å². The van der Waals surface area contributed by atoms with Crippen LogP contribution in [0.5, 0.6) is 0 Å². The lowest BCUT2D eigenvalue weighted by atomic mass is 9.76. The van der Waals surface area contributed by atoms with Gasteiger partial charge in [0.05, 0.1) is 18.6 Å². The molecule has 0 aromatic heterocycles. The van der Waals surface area contributed by atoms with Crippen molar-refractivity contribution in [2.45, 2.75) is 51.6 Å². The first-order chi connectivity index (χ1) is 12.9. The summed E-state index contributed by atoms with van der Waals surface area (Å²) in [6, 6.07) is 7.95. The average Bonchev–Trinajstić information content (AvgIpc) is 2.95. The molecule has 148 valence electrons. The summed E-state index contributed by atoms with van der Waals surface area (Å²) in [7, 11) is 0. The molecule has 27 heavy (non-hydrogen) atoms. The Bertz CT molecular complexity index is 666. The molecule has 1 aromatic rings. The summed E-state index contributed by atoms with van der Waals surface area (Å²) in [4.78, 5) is 24.7. The van der Waals surface area contributed by atoms with Crippen molar-refractivity contribution in [3.63, 3.8) is 0 Å². The summed E-state index contributed by atoms with van der Waals surface area (Å²) >= 11 is 0. The van der Waals surface area contributed by atoms with Crippen molar-refractivity contribution in [3.05, 3.63) is 35.4 Å². The Labute approximate surface area is 161 Å². The van der Waals surface area contributed by atoms with E-state index < -0.39 is 0 Å². The van der Waals surface area contributed by atoms with Crippen molar-refractivity contribution in [3.8, 4) is 0 Å². The van der Waals surface area contributed by atoms with Gasteiger partial charge >= 0.3 is 0 Å². The van der Waals surface area contributed by atoms with Crippen LogP contribution in [0, 0.1) is 5.41 Å². The maximum atomic E-state index is 12.4. The molecule has 3 rings (SSSR count). The zero-order valence-electron chi connectivity index (χ0n) is 16.5. The average molecular weight is 373 g/mol. The quantitative estimate of drug-likeness (QED) is 0.711. The standard InChI is InChI=1S/C21H31N3O3/c1-14(2)16-4-6-17(7-5-16)15(3)24-18(25)12-22-19-20(26)23-13-21(19)8-10-27-11-9-21/h4-7,14-15,19,22H,8-13H2,1-3H3,(H,23,26)(H,24,25). The Kier molecular flexibility index (Phi) is 6.17. The third-order valence-corrected chi connectivity index (χ3v) is 5.93. The van der Waals surface area contributed by atoms with Gasteiger partial charge in [0.15, 0.2) is 0 Å². The summed E-state index contributed by atoms with van der Waals surface area (Å²) < 4.78 is 5.44. The highest BCUT2D eigenvalue weighted by atomic mass is 16.5. The first kappa shape index (κ1) is 19.8. The van der Waals surface area contributed by atoms with E-state index in [0.717, 1.165) is 18.4 Å². The van der Waals surface area contributed by atoms with Crippen molar-refractivity contribution in [2.24, 2.45) is 5.41 Å². The van der Waals surface area contributed by atoms with Gasteiger partial charge in [-0.3, -0.25) is 14.9 Å². The van der Waals surface area contributed by atoms with Crippen LogP contribution in [-0.2, 0) is 14.3 Å². The predicted octanol–water partition coefficient (Wildman–Crippen LogP) is 1.87. The molecule has 2 aliphatic heterocycles. The van der Waals surface area contributed by atoms with Crippen LogP contribution in [-0.4, -0.2) is 44.2 Å². The van der Waals surface area contributed by atoms with E-state index in [1.807, 2.05) is 6.92 Å². The summed E-state index contributed by atoms with van der Waals surface area (Å²) in [5.74, 6) is 0.377. The van der Waals surface area contributed by atoms with Crippen LogP contribution in [0.1, 0.15) is 56.7 Å². The van der Waals surface area contributed by atoms with Crippen LogP contribution in [0.15, 0.2) is 24.3 Å². The highest BCUT2D eigenvalue weighted by Gasteiger charge is 2.48. The summed E-state index contributed by atoms with van der Waals surface area (Å²) in [5, 5.41) is 9.16. The van der Waals surface area contributed by atoms with Gasteiger partial charge in [-0.1, -0.05) is 38.1 Å². The first-order valence-corrected chi connectivity index (χ1v) is 9.89. The lowest BCUT2D eigenvalue weighted by molar-refractivity contribution is -0.124. The van der Waals surface area contributed by atoms with Gasteiger partial charge in [0, 0.05) is 25.2 Å². The molecule has 2 aliphatic rings. The molecule has 2 amide bonds. The molecule has 1 aromatic carbocycles. The van der Waals surface area contributed by atoms with Gasteiger partial charge in [0.25, 0.3) is 0 Å². The molecule has 2 saturated heterocycles. The van der Waals surface area contributed by atoms with Gasteiger partial charge in [-0.25, -0.2) is 0 Å². The molecule has 3 N–H and O–H groups in total. The van der Waals surface area contributed by atoms with E-state index in [1.165, 1.54) is 5.56 Å². The van der Waals surface area contributed by atoms with E-state index in [9.17, 15) is 9.59 Å². The number of nitrogens with one attached hydrogen (secondary N) is 3. The van der Waals surface area contributed by atoms with Crippen molar-refractivity contribution in [1.29, 1.82) is 0 Å². The smallest absolute Gasteiger partial charge is 0.237 e. The van der Waals surface area contributed by atoms with Crippen molar-refractivity contribution >= 4 is 11.8 Å². The molecule has 2 unspecified atom stereocenters. The second-order valence-corrected chi connectivity index (χ2v) is 8.12. The van der Waals surface area contributed by atoms with Crippen LogP contribution in [0.25, 0.3) is 0 Å². The molecule has 0 bridgehead atoms. The normalized spacial score (nSPS) is 22.7. The highest BCUT2D eigenvalue weighted by Crippen LogP contribution is 2.37. The first-order valence-electron chi connectivity index (χ1n) is 9.89. The summed E-state index contributed by atoms with van der Waals surface area (Å²) in [6.07, 6.45) is 1.67. The molecular weight excluding hydrogens is 342 g/mol. The highest BCUT2D eigenvalue weighted by molar-refractivity contribution is 5.86. The zero-order chi connectivity index (χ0) is 19.4. The number of hydrogen-bond donors (Lipinski definition) is 3. The molecule has 0 radical (unpaired) electrons. The Balaban J connectivity index is 1.53. The van der Waals surface area contributed by atoms with E-state index >= 15 is 0 Å². The maximum Gasteiger partial charge on any atom is 0.237 e. The number of benzene rings is 1. The van der Waals surface area contributed by atoms with Crippen LogP contribution >= 0.6 is 0 Å². The third kappa shape index (κ3) is 4.50. The monoisotopic (exact) mass is 373 g/mol. The predicted molar refractivity (Wildman–Crippen MR) is 104 cm³/mol.